The normalized spacial score (nSPS) is 17.6. The van der Waals surface area contributed by atoms with Crippen LogP contribution in [0.2, 0.25) is 0 Å². The van der Waals surface area contributed by atoms with Crippen LogP contribution >= 0.6 is 0 Å². The molecule has 1 aliphatic rings. The van der Waals surface area contributed by atoms with Crippen molar-refractivity contribution in [3.63, 3.8) is 0 Å². The summed E-state index contributed by atoms with van der Waals surface area (Å²) in [6, 6.07) is 0.483. The molecule has 1 aromatic rings. The minimum absolute atomic E-state index is 0.271. The number of aromatic nitrogens is 2. The molecule has 1 atom stereocenters. The van der Waals surface area contributed by atoms with Gasteiger partial charge in [0.25, 0.3) is 0 Å². The molecule has 0 aromatic carbocycles. The highest BCUT2D eigenvalue weighted by atomic mass is 15.1. The lowest BCUT2D eigenvalue weighted by molar-refractivity contribution is 0.251. The minimum Gasteiger partial charge on any atom is -0.330 e. The molecule has 2 rings (SSSR count). The summed E-state index contributed by atoms with van der Waals surface area (Å²) in [6.07, 6.45) is 5.00. The average Bonchev–Trinajstić information content (AvgIpc) is 2.60. The van der Waals surface area contributed by atoms with Gasteiger partial charge in [-0.25, -0.2) is 4.98 Å². The zero-order chi connectivity index (χ0) is 13.3. The molecule has 0 aliphatic heterocycles. The first-order valence-corrected chi connectivity index (χ1v) is 7.15. The van der Waals surface area contributed by atoms with Crippen LogP contribution in [-0.4, -0.2) is 22.6 Å². The summed E-state index contributed by atoms with van der Waals surface area (Å²) in [6.45, 7) is 10.1. The van der Waals surface area contributed by atoms with E-state index >= 15 is 0 Å². The Morgan fingerprint density at radius 1 is 1.28 bits per heavy atom. The summed E-state index contributed by atoms with van der Waals surface area (Å²) in [5.41, 5.74) is 3.11. The predicted molar refractivity (Wildman–Crippen MR) is 75.9 cm³/mol. The van der Waals surface area contributed by atoms with Crippen molar-refractivity contribution in [3.05, 3.63) is 17.2 Å². The summed E-state index contributed by atoms with van der Waals surface area (Å²) in [7, 11) is 2.06. The third-order valence-corrected chi connectivity index (χ3v) is 4.18. The number of imidazole rings is 1. The van der Waals surface area contributed by atoms with Gasteiger partial charge in [-0.15, -0.1) is 0 Å². The fourth-order valence-corrected chi connectivity index (χ4v) is 2.96. The second kappa shape index (κ2) is 5.04. The van der Waals surface area contributed by atoms with E-state index < -0.39 is 0 Å². The average molecular weight is 249 g/mol. The van der Waals surface area contributed by atoms with E-state index in [0.29, 0.717) is 6.04 Å². The van der Waals surface area contributed by atoms with Crippen LogP contribution in [0.5, 0.6) is 0 Å². The molecule has 0 saturated carbocycles. The van der Waals surface area contributed by atoms with Crippen LogP contribution in [0.4, 0.5) is 0 Å². The summed E-state index contributed by atoms with van der Waals surface area (Å²) in [5.74, 6) is 1.19. The maximum absolute atomic E-state index is 4.76. The number of nitrogens with zero attached hydrogens (tertiary/aromatic N) is 2. The Morgan fingerprint density at radius 2 is 1.94 bits per heavy atom. The highest BCUT2D eigenvalue weighted by Gasteiger charge is 2.26. The lowest BCUT2D eigenvalue weighted by Gasteiger charge is -2.32. The molecule has 1 heterocycles. The Labute approximate surface area is 111 Å². The lowest BCUT2D eigenvalue weighted by atomic mass is 9.86. The van der Waals surface area contributed by atoms with Crippen molar-refractivity contribution in [2.24, 2.45) is 5.41 Å². The van der Waals surface area contributed by atoms with E-state index in [1.54, 1.807) is 0 Å². The fraction of sp³-hybridized carbons (Fsp3) is 0.800. The van der Waals surface area contributed by atoms with Gasteiger partial charge in [-0.3, -0.25) is 0 Å². The number of hydrogen-bond acceptors (Lipinski definition) is 2. The zero-order valence-corrected chi connectivity index (χ0v) is 12.5. The molecule has 1 aliphatic carbocycles. The van der Waals surface area contributed by atoms with Gasteiger partial charge in [0.15, 0.2) is 0 Å². The van der Waals surface area contributed by atoms with Crippen molar-refractivity contribution >= 4 is 0 Å². The first kappa shape index (κ1) is 13.6. The van der Waals surface area contributed by atoms with Gasteiger partial charge in [-0.2, -0.15) is 0 Å². The molecule has 0 spiro atoms. The number of hydrogen-bond donors (Lipinski definition) is 1. The molecule has 3 heteroatoms. The Balaban J connectivity index is 2.25. The van der Waals surface area contributed by atoms with Crippen molar-refractivity contribution in [1.82, 2.24) is 14.9 Å². The van der Waals surface area contributed by atoms with E-state index in [-0.39, 0.29) is 5.41 Å². The molecule has 3 nitrogen and oxygen atoms in total. The van der Waals surface area contributed by atoms with Crippen molar-refractivity contribution < 1.29 is 0 Å². The molecule has 0 saturated heterocycles. The first-order valence-electron chi connectivity index (χ1n) is 7.15. The maximum Gasteiger partial charge on any atom is 0.106 e. The summed E-state index contributed by atoms with van der Waals surface area (Å²) in [5, 5.41) is 3.47. The third-order valence-electron chi connectivity index (χ3n) is 4.18. The van der Waals surface area contributed by atoms with Crippen LogP contribution in [0, 0.1) is 12.3 Å². The van der Waals surface area contributed by atoms with E-state index in [0.717, 1.165) is 6.54 Å². The van der Waals surface area contributed by atoms with E-state index in [4.69, 9.17) is 4.98 Å². The Bertz CT molecular complexity index is 412. The second-order valence-electron chi connectivity index (χ2n) is 6.58. The number of nitrogens with one attached hydrogen (secondary N) is 1. The predicted octanol–water partition coefficient (Wildman–Crippen LogP) is 2.70. The number of aryl methyl sites for hydroxylation is 2. The third kappa shape index (κ3) is 2.61. The van der Waals surface area contributed by atoms with E-state index in [1.165, 1.54) is 42.9 Å². The first-order chi connectivity index (χ1) is 8.43. The van der Waals surface area contributed by atoms with Gasteiger partial charge in [0.1, 0.15) is 5.82 Å². The van der Waals surface area contributed by atoms with Crippen LogP contribution in [0.15, 0.2) is 0 Å². The largest absolute Gasteiger partial charge is 0.330 e. The number of likely N-dealkylation sites (N-methyl/N-ethyl adjacent to an activating group) is 1. The van der Waals surface area contributed by atoms with Gasteiger partial charge in [-0.05, 0) is 45.1 Å². The summed E-state index contributed by atoms with van der Waals surface area (Å²) >= 11 is 0. The molecular weight excluding hydrogens is 222 g/mol. The molecule has 0 bridgehead atoms. The molecular formula is C15H27N3. The van der Waals surface area contributed by atoms with Crippen LogP contribution < -0.4 is 5.32 Å². The smallest absolute Gasteiger partial charge is 0.106 e. The molecule has 0 fully saturated rings. The van der Waals surface area contributed by atoms with E-state index in [9.17, 15) is 0 Å². The molecule has 1 aromatic heterocycles. The SMILES string of the molecule is CNC(Cn1c(C)nc2c1CCCC2)C(C)(C)C. The van der Waals surface area contributed by atoms with Gasteiger partial charge in [0, 0.05) is 18.3 Å². The molecule has 0 amide bonds. The highest BCUT2D eigenvalue weighted by Crippen LogP contribution is 2.25. The molecule has 18 heavy (non-hydrogen) atoms. The van der Waals surface area contributed by atoms with Crippen molar-refractivity contribution in [2.75, 3.05) is 7.05 Å². The summed E-state index contributed by atoms with van der Waals surface area (Å²) < 4.78 is 2.45. The zero-order valence-electron chi connectivity index (χ0n) is 12.5. The van der Waals surface area contributed by atoms with Crippen LogP contribution in [-0.2, 0) is 19.4 Å². The molecule has 102 valence electrons. The maximum atomic E-state index is 4.76. The summed E-state index contributed by atoms with van der Waals surface area (Å²) in [4.78, 5) is 4.76. The Morgan fingerprint density at radius 3 is 2.56 bits per heavy atom. The van der Waals surface area contributed by atoms with Gasteiger partial charge in [0.05, 0.1) is 5.69 Å². The Hall–Kier alpha value is -0.830. The second-order valence-corrected chi connectivity index (χ2v) is 6.58. The van der Waals surface area contributed by atoms with Gasteiger partial charge >= 0.3 is 0 Å². The van der Waals surface area contributed by atoms with Crippen molar-refractivity contribution in [2.45, 2.75) is 66.0 Å². The van der Waals surface area contributed by atoms with Crippen LogP contribution in [0.1, 0.15) is 50.8 Å². The molecule has 1 unspecified atom stereocenters. The molecule has 1 N–H and O–H groups in total. The quantitative estimate of drug-likeness (QED) is 0.892. The minimum atomic E-state index is 0.271. The number of fused-ring (bicyclic) bond motifs is 1. The highest BCUT2D eigenvalue weighted by molar-refractivity contribution is 5.20. The van der Waals surface area contributed by atoms with E-state index in [2.05, 4.69) is 44.6 Å². The van der Waals surface area contributed by atoms with Crippen molar-refractivity contribution in [3.8, 4) is 0 Å². The van der Waals surface area contributed by atoms with Crippen LogP contribution in [0.25, 0.3) is 0 Å². The fourth-order valence-electron chi connectivity index (χ4n) is 2.96. The number of rotatable bonds is 3. The van der Waals surface area contributed by atoms with Crippen molar-refractivity contribution in [1.29, 1.82) is 0 Å². The van der Waals surface area contributed by atoms with Gasteiger partial charge < -0.3 is 9.88 Å². The van der Waals surface area contributed by atoms with E-state index in [1.807, 2.05) is 0 Å². The lowest BCUT2D eigenvalue weighted by Crippen LogP contribution is -2.42. The standard InChI is InChI=1S/C15H27N3/c1-11-17-12-8-6-7-9-13(12)18(11)10-14(16-5)15(2,3)4/h14,16H,6-10H2,1-5H3. The topological polar surface area (TPSA) is 29.9 Å². The molecule has 0 radical (unpaired) electrons. The van der Waals surface area contributed by atoms with Crippen LogP contribution in [0.3, 0.4) is 0 Å². The van der Waals surface area contributed by atoms with Gasteiger partial charge in [-0.1, -0.05) is 20.8 Å². The van der Waals surface area contributed by atoms with Gasteiger partial charge in [0.2, 0.25) is 0 Å². The Kier molecular flexibility index (Phi) is 3.81. The monoisotopic (exact) mass is 249 g/mol.